The van der Waals surface area contributed by atoms with Gasteiger partial charge in [-0.15, -0.1) is 5.10 Å². The van der Waals surface area contributed by atoms with Crippen LogP contribution in [-0.2, 0) is 0 Å². The molecule has 3 aromatic rings. The number of nitro benzene ring substituents is 1. The minimum Gasteiger partial charge on any atom is -0.478 e. The molecule has 0 bridgehead atoms. The maximum absolute atomic E-state index is 12.9. The predicted octanol–water partition coefficient (Wildman–Crippen LogP) is 4.82. The van der Waals surface area contributed by atoms with Gasteiger partial charge in [-0.25, -0.2) is 5.10 Å². The zero-order valence-corrected chi connectivity index (χ0v) is 16.0. The second-order valence-corrected chi connectivity index (χ2v) is 7.04. The van der Waals surface area contributed by atoms with E-state index in [-0.39, 0.29) is 17.9 Å². The molecule has 160 valence electrons. The fourth-order valence-corrected chi connectivity index (χ4v) is 3.79. The average molecular weight is 431 g/mol. The molecule has 1 N–H and O–H groups in total. The van der Waals surface area contributed by atoms with Gasteiger partial charge in [0.25, 0.3) is 0 Å². The summed E-state index contributed by atoms with van der Waals surface area (Å²) in [4.78, 5) is 11.2. The predicted molar refractivity (Wildman–Crippen MR) is 104 cm³/mol. The Bertz CT molecular complexity index is 1130. The standard InChI is InChI=1S/C20H16F3N5O3/c1-2-17-13(7-8-20(21,22)23)15-9-11(10-16(28(29)30)18(15)31-17)12-5-3-4-6-14(12)19-24-26-27-25-19/h2-6,9-10,13,17H,1,7-8H2,(H,24,25,26,27)/t13-,17+/m0/s1. The first-order valence-electron chi connectivity index (χ1n) is 9.30. The van der Waals surface area contributed by atoms with Crippen LogP contribution in [0.3, 0.4) is 0 Å². The van der Waals surface area contributed by atoms with Gasteiger partial charge in [-0.1, -0.05) is 36.9 Å². The fourth-order valence-electron chi connectivity index (χ4n) is 3.79. The van der Waals surface area contributed by atoms with Crippen LogP contribution in [0, 0.1) is 10.1 Å². The van der Waals surface area contributed by atoms with E-state index in [1.165, 1.54) is 12.1 Å². The monoisotopic (exact) mass is 431 g/mol. The Morgan fingerprint density at radius 1 is 1.26 bits per heavy atom. The molecule has 0 saturated heterocycles. The summed E-state index contributed by atoms with van der Waals surface area (Å²) in [6.07, 6.45) is -5.09. The summed E-state index contributed by atoms with van der Waals surface area (Å²) in [6.45, 7) is 3.62. The van der Waals surface area contributed by atoms with Crippen molar-refractivity contribution in [3.63, 3.8) is 0 Å². The number of alkyl halides is 3. The zero-order valence-electron chi connectivity index (χ0n) is 16.0. The van der Waals surface area contributed by atoms with Crippen LogP contribution >= 0.6 is 0 Å². The van der Waals surface area contributed by atoms with Crippen LogP contribution in [0.5, 0.6) is 5.75 Å². The Kier molecular flexibility index (Phi) is 5.17. The summed E-state index contributed by atoms with van der Waals surface area (Å²) >= 11 is 0. The summed E-state index contributed by atoms with van der Waals surface area (Å²) in [6, 6.07) is 9.94. The van der Waals surface area contributed by atoms with Crippen LogP contribution in [0.25, 0.3) is 22.5 Å². The van der Waals surface area contributed by atoms with Gasteiger partial charge < -0.3 is 4.74 Å². The van der Waals surface area contributed by atoms with Crippen molar-refractivity contribution in [2.24, 2.45) is 0 Å². The number of tetrazole rings is 1. The Morgan fingerprint density at radius 2 is 2.00 bits per heavy atom. The van der Waals surface area contributed by atoms with Gasteiger partial charge in [0.1, 0.15) is 6.10 Å². The average Bonchev–Trinajstić information content (AvgIpc) is 3.38. The van der Waals surface area contributed by atoms with Gasteiger partial charge in [0.05, 0.1) is 4.92 Å². The number of nitrogens with one attached hydrogen (secondary N) is 1. The fraction of sp³-hybridized carbons (Fsp3) is 0.250. The highest BCUT2D eigenvalue weighted by atomic mass is 19.4. The minimum absolute atomic E-state index is 0.0235. The van der Waals surface area contributed by atoms with E-state index in [1.54, 1.807) is 30.3 Å². The quantitative estimate of drug-likeness (QED) is 0.341. The van der Waals surface area contributed by atoms with E-state index in [1.807, 2.05) is 0 Å². The summed E-state index contributed by atoms with van der Waals surface area (Å²) in [5.41, 5.74) is 1.65. The molecule has 0 saturated carbocycles. The third-order valence-corrected chi connectivity index (χ3v) is 5.15. The number of halogens is 3. The van der Waals surface area contributed by atoms with Crippen molar-refractivity contribution in [3.05, 3.63) is 64.7 Å². The zero-order chi connectivity index (χ0) is 22.2. The molecule has 0 aliphatic carbocycles. The molecule has 1 aliphatic heterocycles. The number of fused-ring (bicyclic) bond motifs is 1. The van der Waals surface area contributed by atoms with Gasteiger partial charge in [-0.05, 0) is 34.0 Å². The molecule has 8 nitrogen and oxygen atoms in total. The van der Waals surface area contributed by atoms with Gasteiger partial charge in [0, 0.05) is 29.5 Å². The van der Waals surface area contributed by atoms with E-state index in [9.17, 15) is 23.3 Å². The SMILES string of the molecule is C=C[C@H]1Oc2c(cc(-c3ccccc3-c3nnn[nH]3)cc2[N+](=O)[O-])[C@@H]1CCC(F)(F)F. The molecule has 0 unspecified atom stereocenters. The molecular weight excluding hydrogens is 415 g/mol. The van der Waals surface area contributed by atoms with Crippen molar-refractivity contribution >= 4 is 5.69 Å². The Hall–Kier alpha value is -3.76. The summed E-state index contributed by atoms with van der Waals surface area (Å²) < 4.78 is 44.3. The van der Waals surface area contributed by atoms with E-state index in [2.05, 4.69) is 27.2 Å². The number of H-pyrrole nitrogens is 1. The summed E-state index contributed by atoms with van der Waals surface area (Å²) in [5, 5.41) is 25.4. The molecule has 0 amide bonds. The Morgan fingerprint density at radius 3 is 2.61 bits per heavy atom. The molecule has 2 atom stereocenters. The molecule has 2 heterocycles. The van der Waals surface area contributed by atoms with Crippen molar-refractivity contribution in [1.29, 1.82) is 0 Å². The lowest BCUT2D eigenvalue weighted by Crippen LogP contribution is -2.18. The lowest BCUT2D eigenvalue weighted by molar-refractivity contribution is -0.385. The molecule has 0 fully saturated rings. The first-order chi connectivity index (χ1) is 14.8. The van der Waals surface area contributed by atoms with Crippen molar-refractivity contribution < 1.29 is 22.8 Å². The second-order valence-electron chi connectivity index (χ2n) is 7.04. The number of ether oxygens (including phenoxy) is 1. The number of nitrogens with zero attached hydrogens (tertiary/aromatic N) is 4. The first-order valence-corrected chi connectivity index (χ1v) is 9.30. The van der Waals surface area contributed by atoms with Crippen molar-refractivity contribution in [2.75, 3.05) is 0 Å². The van der Waals surface area contributed by atoms with Gasteiger partial charge in [0.2, 0.25) is 5.75 Å². The number of rotatable bonds is 6. The van der Waals surface area contributed by atoms with Crippen LogP contribution < -0.4 is 4.74 Å². The van der Waals surface area contributed by atoms with Crippen LogP contribution in [0.15, 0.2) is 49.1 Å². The van der Waals surface area contributed by atoms with Gasteiger partial charge in [-0.3, -0.25) is 10.1 Å². The molecule has 0 radical (unpaired) electrons. The maximum Gasteiger partial charge on any atom is 0.389 e. The lowest BCUT2D eigenvalue weighted by atomic mass is 9.87. The maximum atomic E-state index is 12.9. The van der Waals surface area contributed by atoms with Crippen molar-refractivity contribution in [1.82, 2.24) is 20.6 Å². The minimum atomic E-state index is -4.36. The van der Waals surface area contributed by atoms with E-state index >= 15 is 0 Å². The summed E-state index contributed by atoms with van der Waals surface area (Å²) in [7, 11) is 0. The van der Waals surface area contributed by atoms with E-state index in [0.717, 1.165) is 0 Å². The molecule has 4 rings (SSSR count). The first kappa shape index (κ1) is 20.5. The highest BCUT2D eigenvalue weighted by molar-refractivity contribution is 5.83. The molecule has 2 aromatic carbocycles. The van der Waals surface area contributed by atoms with Crippen molar-refractivity contribution in [3.8, 4) is 28.3 Å². The Balaban J connectivity index is 1.86. The summed E-state index contributed by atoms with van der Waals surface area (Å²) in [5.74, 6) is -0.385. The number of hydrogen-bond donors (Lipinski definition) is 1. The smallest absolute Gasteiger partial charge is 0.389 e. The molecule has 31 heavy (non-hydrogen) atoms. The largest absolute Gasteiger partial charge is 0.478 e. The number of aromatic amines is 1. The van der Waals surface area contributed by atoms with Crippen LogP contribution in [0.2, 0.25) is 0 Å². The number of hydrogen-bond acceptors (Lipinski definition) is 6. The lowest BCUT2D eigenvalue weighted by Gasteiger charge is -2.16. The van der Waals surface area contributed by atoms with Crippen LogP contribution in [-0.4, -0.2) is 37.8 Å². The molecule has 0 spiro atoms. The van der Waals surface area contributed by atoms with Crippen LogP contribution in [0.4, 0.5) is 18.9 Å². The Labute approximate surface area is 173 Å². The molecule has 1 aliphatic rings. The highest BCUT2D eigenvalue weighted by Crippen LogP contribution is 2.49. The van der Waals surface area contributed by atoms with E-state index in [4.69, 9.17) is 4.74 Å². The van der Waals surface area contributed by atoms with Gasteiger partial charge in [-0.2, -0.15) is 13.2 Å². The second kappa shape index (κ2) is 7.82. The number of benzene rings is 2. The normalized spacial score (nSPS) is 17.8. The topological polar surface area (TPSA) is 107 Å². The molecule has 11 heteroatoms. The van der Waals surface area contributed by atoms with Gasteiger partial charge in [0.15, 0.2) is 5.82 Å². The van der Waals surface area contributed by atoms with Crippen LogP contribution in [0.1, 0.15) is 24.3 Å². The third-order valence-electron chi connectivity index (χ3n) is 5.15. The number of nitro groups is 1. The van der Waals surface area contributed by atoms with Crippen molar-refractivity contribution in [2.45, 2.75) is 31.0 Å². The number of aromatic nitrogens is 4. The molecule has 1 aromatic heterocycles. The van der Waals surface area contributed by atoms with E-state index < -0.39 is 29.5 Å². The van der Waals surface area contributed by atoms with Gasteiger partial charge >= 0.3 is 11.9 Å². The highest BCUT2D eigenvalue weighted by Gasteiger charge is 2.40. The van der Waals surface area contributed by atoms with E-state index in [0.29, 0.717) is 28.1 Å². The molecular formula is C20H16F3N5O3. The third kappa shape index (κ3) is 3.98.